The van der Waals surface area contributed by atoms with Crippen molar-refractivity contribution < 1.29 is 9.53 Å². The van der Waals surface area contributed by atoms with Gasteiger partial charge in [-0.05, 0) is 17.7 Å². The summed E-state index contributed by atoms with van der Waals surface area (Å²) >= 11 is 6.09. The Bertz CT molecular complexity index is 416. The molecule has 0 radical (unpaired) electrons. The summed E-state index contributed by atoms with van der Waals surface area (Å²) in [4.78, 5) is 10.9. The van der Waals surface area contributed by atoms with E-state index in [-0.39, 0.29) is 11.3 Å². The SMILES string of the molecule is COc1ccc(C(C)(C)CNC(C)=O)cc1Cl. The maximum Gasteiger partial charge on any atom is 0.216 e. The highest BCUT2D eigenvalue weighted by Crippen LogP contribution is 2.30. The summed E-state index contributed by atoms with van der Waals surface area (Å²) in [6, 6.07) is 5.68. The highest BCUT2D eigenvalue weighted by Gasteiger charge is 2.21. The maximum atomic E-state index is 10.9. The number of methoxy groups -OCH3 is 1. The molecule has 17 heavy (non-hydrogen) atoms. The molecule has 1 N–H and O–H groups in total. The van der Waals surface area contributed by atoms with Crippen LogP contribution in [0.4, 0.5) is 0 Å². The van der Waals surface area contributed by atoms with Crippen molar-refractivity contribution in [3.05, 3.63) is 28.8 Å². The second-order valence-electron chi connectivity index (χ2n) is 4.64. The Hall–Kier alpha value is -1.22. The minimum Gasteiger partial charge on any atom is -0.495 e. The van der Waals surface area contributed by atoms with Crippen molar-refractivity contribution in [3.8, 4) is 5.75 Å². The summed E-state index contributed by atoms with van der Waals surface area (Å²) in [5, 5.41) is 3.40. The molecule has 0 saturated carbocycles. The van der Waals surface area contributed by atoms with Gasteiger partial charge in [0.05, 0.1) is 12.1 Å². The number of amides is 1. The van der Waals surface area contributed by atoms with Crippen molar-refractivity contribution in [1.82, 2.24) is 5.32 Å². The van der Waals surface area contributed by atoms with Crippen molar-refractivity contribution in [2.24, 2.45) is 0 Å². The van der Waals surface area contributed by atoms with Crippen molar-refractivity contribution in [2.75, 3.05) is 13.7 Å². The minimum absolute atomic E-state index is 0.0299. The van der Waals surface area contributed by atoms with Gasteiger partial charge < -0.3 is 10.1 Å². The first-order valence-corrected chi connectivity index (χ1v) is 5.83. The number of benzene rings is 1. The predicted octanol–water partition coefficient (Wildman–Crippen LogP) is 2.76. The topological polar surface area (TPSA) is 38.3 Å². The minimum atomic E-state index is -0.165. The lowest BCUT2D eigenvalue weighted by atomic mass is 9.84. The molecule has 94 valence electrons. The van der Waals surface area contributed by atoms with Crippen LogP contribution in [0.25, 0.3) is 0 Å². The van der Waals surface area contributed by atoms with Crippen LogP contribution in [-0.4, -0.2) is 19.6 Å². The van der Waals surface area contributed by atoms with Gasteiger partial charge in [-0.3, -0.25) is 4.79 Å². The number of carbonyl (C=O) groups is 1. The first-order chi connectivity index (χ1) is 7.86. The van der Waals surface area contributed by atoms with Crippen LogP contribution in [0.1, 0.15) is 26.3 Å². The second kappa shape index (κ2) is 5.41. The molecule has 0 aliphatic carbocycles. The molecule has 1 aromatic rings. The first kappa shape index (κ1) is 13.8. The van der Waals surface area contributed by atoms with Gasteiger partial charge in [-0.1, -0.05) is 31.5 Å². The van der Waals surface area contributed by atoms with E-state index in [2.05, 4.69) is 19.2 Å². The fourth-order valence-corrected chi connectivity index (χ4v) is 1.79. The van der Waals surface area contributed by atoms with Crippen molar-refractivity contribution in [2.45, 2.75) is 26.2 Å². The third kappa shape index (κ3) is 3.63. The number of rotatable bonds is 4. The van der Waals surface area contributed by atoms with E-state index in [0.29, 0.717) is 17.3 Å². The maximum absolute atomic E-state index is 10.9. The normalized spacial score (nSPS) is 11.1. The number of ether oxygens (including phenoxy) is 1. The van der Waals surface area contributed by atoms with Crippen LogP contribution in [0.15, 0.2) is 18.2 Å². The molecule has 0 aromatic heterocycles. The van der Waals surface area contributed by atoms with Gasteiger partial charge in [0, 0.05) is 18.9 Å². The molecule has 1 amide bonds. The number of hydrogen-bond acceptors (Lipinski definition) is 2. The van der Waals surface area contributed by atoms with E-state index in [1.165, 1.54) is 6.92 Å². The van der Waals surface area contributed by atoms with Crippen LogP contribution in [-0.2, 0) is 10.2 Å². The molecule has 4 heteroatoms. The number of carbonyl (C=O) groups excluding carboxylic acids is 1. The molecule has 3 nitrogen and oxygen atoms in total. The van der Waals surface area contributed by atoms with Gasteiger partial charge in [0.1, 0.15) is 5.75 Å². The standard InChI is InChI=1S/C13H18ClNO2/c1-9(16)15-8-13(2,3)10-5-6-12(17-4)11(14)7-10/h5-7H,8H2,1-4H3,(H,15,16). The summed E-state index contributed by atoms with van der Waals surface area (Å²) in [6.07, 6.45) is 0. The molecule has 0 bridgehead atoms. The fraction of sp³-hybridized carbons (Fsp3) is 0.462. The number of nitrogens with one attached hydrogen (secondary N) is 1. The third-order valence-corrected chi connectivity index (χ3v) is 3.01. The van der Waals surface area contributed by atoms with E-state index in [4.69, 9.17) is 16.3 Å². The molecule has 0 aliphatic rings. The van der Waals surface area contributed by atoms with Gasteiger partial charge >= 0.3 is 0 Å². The monoisotopic (exact) mass is 255 g/mol. The molecule has 0 saturated heterocycles. The van der Waals surface area contributed by atoms with Crippen molar-refractivity contribution in [3.63, 3.8) is 0 Å². The van der Waals surface area contributed by atoms with E-state index >= 15 is 0 Å². The molecular weight excluding hydrogens is 238 g/mol. The Kier molecular flexibility index (Phi) is 4.40. The summed E-state index contributed by atoms with van der Waals surface area (Å²) in [5.41, 5.74) is 0.902. The van der Waals surface area contributed by atoms with Crippen LogP contribution in [0, 0.1) is 0 Å². The van der Waals surface area contributed by atoms with Gasteiger partial charge in [0.15, 0.2) is 0 Å². The van der Waals surface area contributed by atoms with Crippen molar-refractivity contribution in [1.29, 1.82) is 0 Å². The van der Waals surface area contributed by atoms with E-state index < -0.39 is 0 Å². The molecular formula is C13H18ClNO2. The van der Waals surface area contributed by atoms with Gasteiger partial charge in [-0.2, -0.15) is 0 Å². The van der Waals surface area contributed by atoms with Gasteiger partial charge in [-0.25, -0.2) is 0 Å². The Morgan fingerprint density at radius 1 is 1.47 bits per heavy atom. The summed E-state index contributed by atoms with van der Waals surface area (Å²) in [7, 11) is 1.59. The molecule has 0 heterocycles. The molecule has 1 rings (SSSR count). The van der Waals surface area contributed by atoms with E-state index in [1.807, 2.05) is 18.2 Å². The average Bonchev–Trinajstić information content (AvgIpc) is 2.26. The smallest absolute Gasteiger partial charge is 0.216 e. The Morgan fingerprint density at radius 3 is 2.59 bits per heavy atom. The zero-order valence-electron chi connectivity index (χ0n) is 10.6. The molecule has 0 atom stereocenters. The Labute approximate surface area is 107 Å². The average molecular weight is 256 g/mol. The van der Waals surface area contributed by atoms with Crippen LogP contribution in [0.5, 0.6) is 5.75 Å². The zero-order valence-corrected chi connectivity index (χ0v) is 11.4. The second-order valence-corrected chi connectivity index (χ2v) is 5.05. The third-order valence-electron chi connectivity index (χ3n) is 2.71. The largest absolute Gasteiger partial charge is 0.495 e. The van der Waals surface area contributed by atoms with Gasteiger partial charge in [0.2, 0.25) is 5.91 Å². The Balaban J connectivity index is 2.90. The first-order valence-electron chi connectivity index (χ1n) is 5.45. The van der Waals surface area contributed by atoms with E-state index in [1.54, 1.807) is 7.11 Å². The fourth-order valence-electron chi connectivity index (χ4n) is 1.53. The van der Waals surface area contributed by atoms with E-state index in [9.17, 15) is 4.79 Å². The summed E-state index contributed by atoms with van der Waals surface area (Å²) < 4.78 is 5.11. The van der Waals surface area contributed by atoms with Crippen LogP contribution in [0.3, 0.4) is 0 Å². The Morgan fingerprint density at radius 2 is 2.12 bits per heavy atom. The highest BCUT2D eigenvalue weighted by molar-refractivity contribution is 6.32. The van der Waals surface area contributed by atoms with Crippen molar-refractivity contribution >= 4 is 17.5 Å². The molecule has 0 fully saturated rings. The predicted molar refractivity (Wildman–Crippen MR) is 69.7 cm³/mol. The van der Waals surface area contributed by atoms with E-state index in [0.717, 1.165) is 5.56 Å². The molecule has 1 aromatic carbocycles. The van der Waals surface area contributed by atoms with Crippen LogP contribution in [0.2, 0.25) is 5.02 Å². The summed E-state index contributed by atoms with van der Waals surface area (Å²) in [5.74, 6) is 0.628. The zero-order chi connectivity index (χ0) is 13.1. The quantitative estimate of drug-likeness (QED) is 0.899. The van der Waals surface area contributed by atoms with Crippen LogP contribution < -0.4 is 10.1 Å². The molecule has 0 spiro atoms. The number of halogens is 1. The highest BCUT2D eigenvalue weighted by atomic mass is 35.5. The lowest BCUT2D eigenvalue weighted by Gasteiger charge is -2.26. The number of hydrogen-bond donors (Lipinski definition) is 1. The van der Waals surface area contributed by atoms with Gasteiger partial charge in [0.25, 0.3) is 0 Å². The molecule has 0 unspecified atom stereocenters. The van der Waals surface area contributed by atoms with Gasteiger partial charge in [-0.15, -0.1) is 0 Å². The lowest BCUT2D eigenvalue weighted by molar-refractivity contribution is -0.119. The molecule has 0 aliphatic heterocycles. The summed E-state index contributed by atoms with van der Waals surface area (Å²) in [6.45, 7) is 6.20. The van der Waals surface area contributed by atoms with Crippen LogP contribution >= 0.6 is 11.6 Å². The lowest BCUT2D eigenvalue weighted by Crippen LogP contribution is -2.35.